The van der Waals surface area contributed by atoms with E-state index in [1.54, 1.807) is 14.2 Å². The minimum absolute atomic E-state index is 0.0861. The van der Waals surface area contributed by atoms with Gasteiger partial charge in [0.2, 0.25) is 0 Å². The highest BCUT2D eigenvalue weighted by Gasteiger charge is 2.32. The lowest BCUT2D eigenvalue weighted by Gasteiger charge is -2.30. The number of ether oxygens (including phenoxy) is 2. The summed E-state index contributed by atoms with van der Waals surface area (Å²) in [6.45, 7) is 0. The molecule has 1 aliphatic rings. The van der Waals surface area contributed by atoms with Gasteiger partial charge in [0.15, 0.2) is 11.5 Å². The number of fused-ring (bicyclic) bond motifs is 5. The number of pyridine rings is 1. The molecule has 1 aromatic heterocycles. The molecular weight excluding hydrogens is 360 g/mol. The summed E-state index contributed by atoms with van der Waals surface area (Å²) in [4.78, 5) is 4.86. The number of aromatic nitrogens is 1. The average Bonchev–Trinajstić information content (AvgIpc) is 2.78. The summed E-state index contributed by atoms with van der Waals surface area (Å²) in [5, 5.41) is 2.12. The van der Waals surface area contributed by atoms with Crippen molar-refractivity contribution in [2.24, 2.45) is 0 Å². The van der Waals surface area contributed by atoms with Gasteiger partial charge in [0.1, 0.15) is 5.82 Å². The maximum Gasteiger partial charge on any atom is 0.164 e. The Kier molecular flexibility index (Phi) is 4.13. The highest BCUT2D eigenvalue weighted by atomic mass is 16.5. The highest BCUT2D eigenvalue weighted by Crippen LogP contribution is 2.49. The van der Waals surface area contributed by atoms with Gasteiger partial charge in [0, 0.05) is 22.4 Å². The van der Waals surface area contributed by atoms with Crippen LogP contribution < -0.4 is 15.2 Å². The normalized spacial score (nSPS) is 14.9. The largest absolute Gasteiger partial charge is 0.493 e. The lowest BCUT2D eigenvalue weighted by Crippen LogP contribution is -2.16. The van der Waals surface area contributed by atoms with Crippen LogP contribution in [0.25, 0.3) is 22.0 Å². The van der Waals surface area contributed by atoms with Gasteiger partial charge in [-0.2, -0.15) is 0 Å². The standard InChI is InChI=1S/C25H22N2O2/c1-28-21-13-7-12-18(24(21)29-2)20-14-15-8-3-4-9-16(15)23-22(20)17-10-5-6-11-19(17)25(26)27-23/h3-13,20H,14H2,1-2H3,(H2,26,27). The van der Waals surface area contributed by atoms with E-state index in [1.165, 1.54) is 11.1 Å². The summed E-state index contributed by atoms with van der Waals surface area (Å²) in [5.41, 5.74) is 12.0. The number of rotatable bonds is 3. The van der Waals surface area contributed by atoms with Crippen LogP contribution in [-0.4, -0.2) is 19.2 Å². The van der Waals surface area contributed by atoms with Crippen molar-refractivity contribution >= 4 is 16.6 Å². The second-order valence-electron chi connectivity index (χ2n) is 7.30. The number of nitrogen functional groups attached to an aromatic ring is 1. The summed E-state index contributed by atoms with van der Waals surface area (Å²) >= 11 is 0. The quantitative estimate of drug-likeness (QED) is 0.530. The molecule has 1 aliphatic carbocycles. The summed E-state index contributed by atoms with van der Waals surface area (Å²) in [6.07, 6.45) is 0.863. The third-order valence-corrected chi connectivity index (χ3v) is 5.83. The summed E-state index contributed by atoms with van der Waals surface area (Å²) < 4.78 is 11.4. The topological polar surface area (TPSA) is 57.4 Å². The summed E-state index contributed by atoms with van der Waals surface area (Å²) in [5.74, 6) is 2.15. The maximum atomic E-state index is 6.37. The highest BCUT2D eigenvalue weighted by molar-refractivity contribution is 5.98. The Morgan fingerprint density at radius 2 is 1.62 bits per heavy atom. The molecule has 0 saturated heterocycles. The molecule has 4 nitrogen and oxygen atoms in total. The number of para-hydroxylation sites is 1. The van der Waals surface area contributed by atoms with E-state index in [-0.39, 0.29) is 5.92 Å². The molecule has 0 aliphatic heterocycles. The molecule has 0 amide bonds. The number of hydrogen-bond acceptors (Lipinski definition) is 4. The molecule has 0 fully saturated rings. The Bertz CT molecular complexity index is 1230. The van der Waals surface area contributed by atoms with E-state index in [9.17, 15) is 0 Å². The fraction of sp³-hybridized carbons (Fsp3) is 0.160. The van der Waals surface area contributed by atoms with Crippen molar-refractivity contribution in [2.75, 3.05) is 20.0 Å². The second kappa shape index (κ2) is 6.82. The Balaban J connectivity index is 1.87. The molecule has 2 N–H and O–H groups in total. The van der Waals surface area contributed by atoms with Gasteiger partial charge < -0.3 is 15.2 Å². The van der Waals surface area contributed by atoms with Crippen LogP contribution in [0.1, 0.15) is 22.6 Å². The molecule has 0 bridgehead atoms. The van der Waals surface area contributed by atoms with Crippen LogP contribution in [0.5, 0.6) is 11.5 Å². The summed E-state index contributed by atoms with van der Waals surface area (Å²) in [6, 6.07) is 22.7. The van der Waals surface area contributed by atoms with Crippen molar-refractivity contribution in [2.45, 2.75) is 12.3 Å². The first-order chi connectivity index (χ1) is 14.2. The van der Waals surface area contributed by atoms with Crippen molar-refractivity contribution < 1.29 is 9.47 Å². The van der Waals surface area contributed by atoms with Crippen LogP contribution in [0, 0.1) is 0 Å². The Morgan fingerprint density at radius 1 is 0.862 bits per heavy atom. The van der Waals surface area contributed by atoms with E-state index >= 15 is 0 Å². The molecule has 5 rings (SSSR count). The number of anilines is 1. The van der Waals surface area contributed by atoms with Gasteiger partial charge in [-0.1, -0.05) is 60.7 Å². The van der Waals surface area contributed by atoms with Crippen LogP contribution >= 0.6 is 0 Å². The van der Waals surface area contributed by atoms with Crippen molar-refractivity contribution in [3.05, 3.63) is 83.4 Å². The number of methoxy groups -OCH3 is 2. The SMILES string of the molecule is COc1cccc(C2Cc3ccccc3-c3nc(N)c4ccccc4c32)c1OC. The fourth-order valence-electron chi connectivity index (χ4n) is 4.57. The zero-order valence-corrected chi connectivity index (χ0v) is 16.5. The van der Waals surface area contributed by atoms with Crippen LogP contribution in [0.4, 0.5) is 5.82 Å². The minimum Gasteiger partial charge on any atom is -0.493 e. The molecule has 144 valence electrons. The molecule has 0 radical (unpaired) electrons. The molecular formula is C25H22N2O2. The molecule has 1 unspecified atom stereocenters. The van der Waals surface area contributed by atoms with Crippen LogP contribution in [0.3, 0.4) is 0 Å². The first kappa shape index (κ1) is 17.6. The minimum atomic E-state index is 0.0861. The summed E-state index contributed by atoms with van der Waals surface area (Å²) in [7, 11) is 3.36. The molecule has 1 heterocycles. The van der Waals surface area contributed by atoms with Crippen LogP contribution in [0.2, 0.25) is 0 Å². The van der Waals surface area contributed by atoms with E-state index in [1.807, 2.05) is 24.3 Å². The Hall–Kier alpha value is -3.53. The first-order valence-corrected chi connectivity index (χ1v) is 9.70. The van der Waals surface area contributed by atoms with Crippen molar-refractivity contribution in [1.29, 1.82) is 0 Å². The molecule has 0 spiro atoms. The molecule has 29 heavy (non-hydrogen) atoms. The number of benzene rings is 3. The Labute approximate surface area is 169 Å². The zero-order chi connectivity index (χ0) is 20.0. The predicted octanol–water partition coefficient (Wildman–Crippen LogP) is 5.19. The van der Waals surface area contributed by atoms with Gasteiger partial charge >= 0.3 is 0 Å². The molecule has 4 aromatic rings. The molecule has 4 heteroatoms. The van der Waals surface area contributed by atoms with Gasteiger partial charge in [-0.25, -0.2) is 4.98 Å². The fourth-order valence-corrected chi connectivity index (χ4v) is 4.57. The first-order valence-electron chi connectivity index (χ1n) is 9.70. The predicted molar refractivity (Wildman–Crippen MR) is 117 cm³/mol. The van der Waals surface area contributed by atoms with Gasteiger partial charge in [-0.15, -0.1) is 0 Å². The van der Waals surface area contributed by atoms with Gasteiger partial charge in [-0.05, 0) is 29.0 Å². The van der Waals surface area contributed by atoms with E-state index in [0.717, 1.165) is 45.5 Å². The van der Waals surface area contributed by atoms with Gasteiger partial charge in [0.25, 0.3) is 0 Å². The lowest BCUT2D eigenvalue weighted by atomic mass is 9.75. The molecule has 0 saturated carbocycles. The molecule has 3 aromatic carbocycles. The lowest BCUT2D eigenvalue weighted by molar-refractivity contribution is 0.350. The van der Waals surface area contributed by atoms with Crippen molar-refractivity contribution in [3.63, 3.8) is 0 Å². The van der Waals surface area contributed by atoms with E-state index < -0.39 is 0 Å². The van der Waals surface area contributed by atoms with Gasteiger partial charge in [0.05, 0.1) is 19.9 Å². The Morgan fingerprint density at radius 3 is 2.41 bits per heavy atom. The third-order valence-electron chi connectivity index (χ3n) is 5.83. The monoisotopic (exact) mass is 382 g/mol. The second-order valence-corrected chi connectivity index (χ2v) is 7.30. The maximum absolute atomic E-state index is 6.37. The smallest absolute Gasteiger partial charge is 0.164 e. The number of nitrogens with two attached hydrogens (primary N) is 1. The van der Waals surface area contributed by atoms with Crippen LogP contribution in [-0.2, 0) is 6.42 Å². The molecule has 1 atom stereocenters. The average molecular weight is 382 g/mol. The number of nitrogens with zero attached hydrogens (tertiary/aromatic N) is 1. The van der Waals surface area contributed by atoms with E-state index in [2.05, 4.69) is 42.5 Å². The van der Waals surface area contributed by atoms with Gasteiger partial charge in [-0.3, -0.25) is 0 Å². The van der Waals surface area contributed by atoms with Crippen molar-refractivity contribution in [1.82, 2.24) is 4.98 Å². The van der Waals surface area contributed by atoms with Crippen molar-refractivity contribution in [3.8, 4) is 22.8 Å². The van der Waals surface area contributed by atoms with E-state index in [4.69, 9.17) is 20.2 Å². The van der Waals surface area contributed by atoms with E-state index in [0.29, 0.717) is 5.82 Å². The zero-order valence-electron chi connectivity index (χ0n) is 16.5. The van der Waals surface area contributed by atoms with Crippen LogP contribution in [0.15, 0.2) is 66.7 Å². The number of hydrogen-bond donors (Lipinski definition) is 1. The third kappa shape index (κ3) is 2.64.